The van der Waals surface area contributed by atoms with Gasteiger partial charge in [-0.2, -0.15) is 0 Å². The van der Waals surface area contributed by atoms with Crippen LogP contribution < -0.4 is 20.8 Å². The highest BCUT2D eigenvalue weighted by Crippen LogP contribution is 2.34. The maximum absolute atomic E-state index is 13.6. The Morgan fingerprint density at radius 2 is 1.87 bits per heavy atom. The van der Waals surface area contributed by atoms with Gasteiger partial charge in [0.15, 0.2) is 16.9 Å². The van der Waals surface area contributed by atoms with Crippen molar-refractivity contribution >= 4 is 45.3 Å². The molecule has 198 valence electrons. The first kappa shape index (κ1) is 26.1. The predicted octanol–water partition coefficient (Wildman–Crippen LogP) is 5.37. The summed E-state index contributed by atoms with van der Waals surface area (Å²) in [5, 5.41) is 1.37. The number of aromatic nitrogens is 3. The number of nitrogens with two attached hydrogens (primary N) is 1. The fourth-order valence-electron chi connectivity index (χ4n) is 4.47. The Morgan fingerprint density at radius 1 is 1.10 bits per heavy atom. The van der Waals surface area contributed by atoms with E-state index in [1.165, 1.54) is 12.1 Å². The molecule has 3 heterocycles. The largest absolute Gasteiger partial charge is 0.483 e. The molecular weight excluding hydrogens is 518 g/mol. The molecule has 2 N–H and O–H groups in total. The average molecular weight is 544 g/mol. The first-order valence-electron chi connectivity index (χ1n) is 12.2. The summed E-state index contributed by atoms with van der Waals surface area (Å²) in [6.45, 7) is 5.43. The van der Waals surface area contributed by atoms with Crippen molar-refractivity contribution in [3.8, 4) is 17.1 Å². The van der Waals surface area contributed by atoms with Crippen LogP contribution >= 0.6 is 11.6 Å². The van der Waals surface area contributed by atoms with Gasteiger partial charge >= 0.3 is 0 Å². The van der Waals surface area contributed by atoms with Crippen LogP contribution in [0.2, 0.25) is 5.15 Å². The number of nitrogens with zero attached hydrogens (tertiary/aromatic N) is 4. The van der Waals surface area contributed by atoms with Crippen LogP contribution in [0.3, 0.4) is 0 Å². The number of halogens is 1. The van der Waals surface area contributed by atoms with E-state index in [1.54, 1.807) is 26.1 Å². The van der Waals surface area contributed by atoms with Crippen molar-refractivity contribution in [3.63, 3.8) is 0 Å². The van der Waals surface area contributed by atoms with E-state index in [1.807, 2.05) is 50.2 Å². The van der Waals surface area contributed by atoms with Crippen LogP contribution in [0.5, 0.6) is 5.75 Å². The van der Waals surface area contributed by atoms with Gasteiger partial charge < -0.3 is 19.8 Å². The van der Waals surface area contributed by atoms with Crippen LogP contribution in [-0.4, -0.2) is 35.0 Å². The van der Waals surface area contributed by atoms with E-state index in [0.717, 1.165) is 22.0 Å². The van der Waals surface area contributed by atoms with Gasteiger partial charge in [-0.05, 0) is 68.8 Å². The maximum Gasteiger partial charge on any atom is 0.271 e. The van der Waals surface area contributed by atoms with E-state index in [0.29, 0.717) is 33.8 Å². The summed E-state index contributed by atoms with van der Waals surface area (Å²) in [6.07, 6.45) is 1.12. The Morgan fingerprint density at radius 3 is 2.59 bits per heavy atom. The lowest BCUT2D eigenvalue weighted by Gasteiger charge is -2.19. The fourth-order valence-corrected chi connectivity index (χ4v) is 4.62. The topological polar surface area (TPSA) is 124 Å². The molecule has 1 atom stereocenters. The molecule has 10 heteroatoms. The van der Waals surface area contributed by atoms with Crippen LogP contribution in [0.25, 0.3) is 33.2 Å². The Labute approximate surface area is 229 Å². The minimum atomic E-state index is -0.767. The zero-order chi connectivity index (χ0) is 28.0. The molecule has 0 aliphatic carbocycles. The molecule has 0 saturated carbocycles. The predicted molar refractivity (Wildman–Crippen MR) is 152 cm³/mol. The highest BCUT2D eigenvalue weighted by atomic mass is 35.5. The van der Waals surface area contributed by atoms with Crippen molar-refractivity contribution in [3.05, 3.63) is 86.4 Å². The number of anilines is 1. The van der Waals surface area contributed by atoms with Crippen molar-refractivity contribution in [2.75, 3.05) is 19.0 Å². The molecule has 9 nitrogen and oxygen atoms in total. The van der Waals surface area contributed by atoms with Gasteiger partial charge in [-0.1, -0.05) is 11.6 Å². The molecule has 0 aliphatic rings. The summed E-state index contributed by atoms with van der Waals surface area (Å²) in [4.78, 5) is 40.3. The van der Waals surface area contributed by atoms with Gasteiger partial charge in [-0.25, -0.2) is 15.0 Å². The van der Waals surface area contributed by atoms with Gasteiger partial charge in [-0.15, -0.1) is 0 Å². The number of hydrogen-bond donors (Lipinski definition) is 1. The fraction of sp³-hybridized carbons (Fsp3) is 0.207. The summed E-state index contributed by atoms with van der Waals surface area (Å²) in [7, 11) is 3.76. The smallest absolute Gasteiger partial charge is 0.271 e. The third-order valence-corrected chi connectivity index (χ3v) is 6.63. The zero-order valence-electron chi connectivity index (χ0n) is 22.1. The third-order valence-electron chi connectivity index (χ3n) is 6.42. The summed E-state index contributed by atoms with van der Waals surface area (Å²) in [5.74, 6) is 0.453. The molecule has 0 aliphatic heterocycles. The van der Waals surface area contributed by atoms with E-state index in [-0.39, 0.29) is 22.0 Å². The monoisotopic (exact) mass is 543 g/mol. The van der Waals surface area contributed by atoms with Gasteiger partial charge in [0.05, 0.1) is 10.9 Å². The summed E-state index contributed by atoms with van der Waals surface area (Å²) in [6, 6.07) is 12.4. The van der Waals surface area contributed by atoms with Crippen molar-refractivity contribution in [2.24, 2.45) is 5.73 Å². The second-order valence-corrected chi connectivity index (χ2v) is 9.95. The average Bonchev–Trinajstić information content (AvgIpc) is 2.90. The minimum absolute atomic E-state index is 0.0832. The number of benzene rings is 2. The number of rotatable bonds is 6. The molecule has 5 aromatic rings. The molecule has 0 fully saturated rings. The molecular formula is C29H26ClN5O4. The normalized spacial score (nSPS) is 12.1. The van der Waals surface area contributed by atoms with E-state index in [2.05, 4.69) is 15.0 Å². The van der Waals surface area contributed by atoms with E-state index < -0.39 is 12.0 Å². The van der Waals surface area contributed by atoms with Gasteiger partial charge in [-0.3, -0.25) is 9.59 Å². The van der Waals surface area contributed by atoms with E-state index in [9.17, 15) is 9.59 Å². The first-order valence-corrected chi connectivity index (χ1v) is 12.6. The number of primary amides is 1. The standard InChI is InChI=1S/C29H26ClN5O4/c1-14-10-19(16(3)38-22-8-9-23(30)34-24(22)28(31)37)27-20(11-14)25(36)15(2)26(39-27)17-6-7-21-18(12-17)13-32-29(33-21)35(4)5/h6-13,16H,1-5H3,(H2,31,37)/t16-/m1/s1. The Bertz CT molecular complexity index is 1830. The second-order valence-electron chi connectivity index (χ2n) is 9.56. The van der Waals surface area contributed by atoms with Crippen LogP contribution in [0, 0.1) is 13.8 Å². The van der Waals surface area contributed by atoms with Crippen LogP contribution in [-0.2, 0) is 0 Å². The van der Waals surface area contributed by atoms with Gasteiger partial charge in [0.1, 0.15) is 22.6 Å². The number of carbonyl (C=O) groups is 1. The maximum atomic E-state index is 13.6. The van der Waals surface area contributed by atoms with Crippen molar-refractivity contribution in [1.29, 1.82) is 0 Å². The molecule has 0 unspecified atom stereocenters. The summed E-state index contributed by atoms with van der Waals surface area (Å²) >= 11 is 5.94. The highest BCUT2D eigenvalue weighted by molar-refractivity contribution is 6.29. The van der Waals surface area contributed by atoms with Gasteiger partial charge in [0, 0.05) is 42.4 Å². The van der Waals surface area contributed by atoms with Crippen molar-refractivity contribution in [2.45, 2.75) is 26.9 Å². The first-order chi connectivity index (χ1) is 18.5. The SMILES string of the molecule is Cc1cc([C@@H](C)Oc2ccc(Cl)nc2C(N)=O)c2oc(-c3ccc4nc(N(C)C)ncc4c3)c(C)c(=O)c2c1. The van der Waals surface area contributed by atoms with E-state index in [4.69, 9.17) is 26.5 Å². The quantitative estimate of drug-likeness (QED) is 0.283. The summed E-state index contributed by atoms with van der Waals surface area (Å²) < 4.78 is 12.6. The summed E-state index contributed by atoms with van der Waals surface area (Å²) in [5.41, 5.74) is 9.12. The lowest BCUT2D eigenvalue weighted by Crippen LogP contribution is -2.17. The lowest BCUT2D eigenvalue weighted by molar-refractivity contribution is 0.0988. The lowest BCUT2D eigenvalue weighted by atomic mass is 9.99. The van der Waals surface area contributed by atoms with Crippen LogP contribution in [0.4, 0.5) is 5.95 Å². The van der Waals surface area contributed by atoms with Crippen molar-refractivity contribution in [1.82, 2.24) is 15.0 Å². The molecule has 1 amide bonds. The molecule has 0 saturated heterocycles. The number of hydrogen-bond acceptors (Lipinski definition) is 8. The number of aryl methyl sites for hydroxylation is 1. The zero-order valence-corrected chi connectivity index (χ0v) is 22.8. The molecule has 2 aromatic carbocycles. The Balaban J connectivity index is 1.64. The Hall–Kier alpha value is -4.50. The van der Waals surface area contributed by atoms with Gasteiger partial charge in [0.2, 0.25) is 5.95 Å². The number of pyridine rings is 1. The van der Waals surface area contributed by atoms with E-state index >= 15 is 0 Å². The number of amides is 1. The highest BCUT2D eigenvalue weighted by Gasteiger charge is 2.22. The molecule has 3 aromatic heterocycles. The second kappa shape index (κ2) is 9.99. The molecule has 5 rings (SSSR count). The Kier molecular flexibility index (Phi) is 6.69. The molecule has 39 heavy (non-hydrogen) atoms. The van der Waals surface area contributed by atoms with Crippen LogP contribution in [0.15, 0.2) is 57.9 Å². The van der Waals surface area contributed by atoms with Gasteiger partial charge in [0.25, 0.3) is 5.91 Å². The van der Waals surface area contributed by atoms with Crippen molar-refractivity contribution < 1.29 is 13.9 Å². The molecule has 0 spiro atoms. The molecule has 0 bridgehead atoms. The number of ether oxygens (including phenoxy) is 1. The van der Waals surface area contributed by atoms with Crippen LogP contribution in [0.1, 0.15) is 40.2 Å². The molecule has 0 radical (unpaired) electrons. The number of carbonyl (C=O) groups excluding carboxylic acids is 1. The third kappa shape index (κ3) is 4.88. The minimum Gasteiger partial charge on any atom is -0.483 e. The number of fused-ring (bicyclic) bond motifs is 2.